The lowest BCUT2D eigenvalue weighted by Gasteiger charge is -2.06. The van der Waals surface area contributed by atoms with E-state index in [0.717, 1.165) is 6.26 Å². The Morgan fingerprint density at radius 1 is 1.35 bits per heavy atom. The molecule has 94 valence electrons. The number of benzene rings is 1. The number of carbonyl (C=O) groups is 1. The largest absolute Gasteiger partial charge is 0.330 e. The van der Waals surface area contributed by atoms with Crippen LogP contribution in [0.3, 0.4) is 0 Å². The Bertz CT molecular complexity index is 555. The Kier molecular flexibility index (Phi) is 3.94. The molecule has 1 aromatic rings. The summed E-state index contributed by atoms with van der Waals surface area (Å²) in [5, 5.41) is 0. The summed E-state index contributed by atoms with van der Waals surface area (Å²) < 4.78 is 49.2. The standard InChI is InChI=1S/C10H11F2NO3S/c1-17(15,16)9-5-6(11)4-7(10(9)12)8(14)2-3-13/h4-5H,2-3,13H2,1H3. The van der Waals surface area contributed by atoms with Gasteiger partial charge in [0, 0.05) is 12.7 Å². The van der Waals surface area contributed by atoms with Crippen LogP contribution in [0.25, 0.3) is 0 Å². The first-order valence-corrected chi connectivity index (χ1v) is 6.59. The lowest BCUT2D eigenvalue weighted by Crippen LogP contribution is -2.13. The average molecular weight is 263 g/mol. The molecular formula is C10H11F2NO3S. The predicted octanol–water partition coefficient (Wildman–Crippen LogP) is 0.900. The minimum Gasteiger partial charge on any atom is -0.330 e. The highest BCUT2D eigenvalue weighted by molar-refractivity contribution is 7.90. The molecule has 0 atom stereocenters. The normalized spacial score (nSPS) is 11.5. The molecule has 0 bridgehead atoms. The van der Waals surface area contributed by atoms with Crippen LogP contribution >= 0.6 is 0 Å². The van der Waals surface area contributed by atoms with E-state index in [4.69, 9.17) is 5.73 Å². The van der Waals surface area contributed by atoms with Gasteiger partial charge in [-0.2, -0.15) is 0 Å². The van der Waals surface area contributed by atoms with Crippen molar-refractivity contribution in [1.82, 2.24) is 0 Å². The summed E-state index contributed by atoms with van der Waals surface area (Å²) in [6.45, 7) is -0.0248. The summed E-state index contributed by atoms with van der Waals surface area (Å²) in [5.41, 5.74) is 4.54. The van der Waals surface area contributed by atoms with Gasteiger partial charge >= 0.3 is 0 Å². The Hall–Kier alpha value is -1.34. The topological polar surface area (TPSA) is 77.2 Å². The molecule has 0 aliphatic rings. The van der Waals surface area contributed by atoms with E-state index in [-0.39, 0.29) is 13.0 Å². The molecule has 0 aliphatic carbocycles. The van der Waals surface area contributed by atoms with Gasteiger partial charge < -0.3 is 5.73 Å². The number of hydrogen-bond acceptors (Lipinski definition) is 4. The van der Waals surface area contributed by atoms with Crippen molar-refractivity contribution >= 4 is 15.6 Å². The van der Waals surface area contributed by atoms with Crippen LogP contribution in [0, 0.1) is 11.6 Å². The van der Waals surface area contributed by atoms with E-state index >= 15 is 0 Å². The third kappa shape index (κ3) is 3.07. The fraction of sp³-hybridized carbons (Fsp3) is 0.300. The van der Waals surface area contributed by atoms with Gasteiger partial charge in [-0.15, -0.1) is 0 Å². The number of nitrogens with two attached hydrogens (primary N) is 1. The van der Waals surface area contributed by atoms with Crippen LogP contribution in [0.1, 0.15) is 16.8 Å². The van der Waals surface area contributed by atoms with E-state index in [0.29, 0.717) is 12.1 Å². The van der Waals surface area contributed by atoms with Gasteiger partial charge in [-0.3, -0.25) is 4.79 Å². The Morgan fingerprint density at radius 3 is 2.41 bits per heavy atom. The Labute approximate surface area is 97.3 Å². The van der Waals surface area contributed by atoms with E-state index in [9.17, 15) is 22.0 Å². The zero-order chi connectivity index (χ0) is 13.2. The fourth-order valence-corrected chi connectivity index (χ4v) is 2.06. The van der Waals surface area contributed by atoms with Crippen LogP contribution in [0.4, 0.5) is 8.78 Å². The zero-order valence-corrected chi connectivity index (χ0v) is 9.85. The summed E-state index contributed by atoms with van der Waals surface area (Å²) in [6, 6.07) is 1.21. The van der Waals surface area contributed by atoms with E-state index < -0.39 is 37.7 Å². The van der Waals surface area contributed by atoms with E-state index in [1.165, 1.54) is 0 Å². The van der Waals surface area contributed by atoms with E-state index in [2.05, 4.69) is 0 Å². The van der Waals surface area contributed by atoms with E-state index in [1.807, 2.05) is 0 Å². The molecule has 0 radical (unpaired) electrons. The number of hydrogen-bond donors (Lipinski definition) is 1. The van der Waals surface area contributed by atoms with Crippen LogP contribution < -0.4 is 5.73 Å². The number of ketones is 1. The quantitative estimate of drug-likeness (QED) is 0.819. The monoisotopic (exact) mass is 263 g/mol. The molecule has 17 heavy (non-hydrogen) atoms. The van der Waals surface area contributed by atoms with Crippen molar-refractivity contribution in [3.63, 3.8) is 0 Å². The number of Topliss-reactive ketones (excluding diaryl/α,β-unsaturated/α-hetero) is 1. The van der Waals surface area contributed by atoms with Crippen LogP contribution in [0.5, 0.6) is 0 Å². The van der Waals surface area contributed by atoms with Crippen molar-refractivity contribution in [1.29, 1.82) is 0 Å². The van der Waals surface area contributed by atoms with Crippen LogP contribution in [-0.2, 0) is 9.84 Å². The summed E-state index contributed by atoms with van der Waals surface area (Å²) >= 11 is 0. The molecule has 4 nitrogen and oxygen atoms in total. The zero-order valence-electron chi connectivity index (χ0n) is 9.04. The SMILES string of the molecule is CS(=O)(=O)c1cc(F)cc(C(=O)CCN)c1F. The smallest absolute Gasteiger partial charge is 0.178 e. The number of carbonyl (C=O) groups excluding carboxylic acids is 1. The van der Waals surface area contributed by atoms with Gasteiger partial charge in [0.05, 0.1) is 5.56 Å². The number of halogens is 2. The first-order chi connectivity index (χ1) is 7.77. The van der Waals surface area contributed by atoms with Gasteiger partial charge in [-0.25, -0.2) is 17.2 Å². The molecule has 2 N–H and O–H groups in total. The van der Waals surface area contributed by atoms with E-state index in [1.54, 1.807) is 0 Å². The average Bonchev–Trinajstić information content (AvgIpc) is 2.19. The highest BCUT2D eigenvalue weighted by Crippen LogP contribution is 2.21. The summed E-state index contributed by atoms with van der Waals surface area (Å²) in [6.07, 6.45) is 0.561. The second-order valence-corrected chi connectivity index (χ2v) is 5.48. The van der Waals surface area contributed by atoms with Gasteiger partial charge in [0.25, 0.3) is 0 Å². The minimum atomic E-state index is -3.93. The van der Waals surface area contributed by atoms with Crippen LogP contribution in [0.2, 0.25) is 0 Å². The first-order valence-electron chi connectivity index (χ1n) is 4.69. The molecule has 1 aromatic carbocycles. The van der Waals surface area contributed by atoms with Crippen molar-refractivity contribution in [3.8, 4) is 0 Å². The van der Waals surface area contributed by atoms with Gasteiger partial charge in [-0.1, -0.05) is 0 Å². The molecule has 0 saturated heterocycles. The van der Waals surface area contributed by atoms with Crippen LogP contribution in [-0.4, -0.2) is 27.0 Å². The molecule has 0 unspecified atom stereocenters. The molecule has 0 aromatic heterocycles. The second-order valence-electron chi connectivity index (χ2n) is 3.50. The minimum absolute atomic E-state index is 0.0248. The maximum Gasteiger partial charge on any atom is 0.178 e. The van der Waals surface area contributed by atoms with Crippen molar-refractivity contribution in [2.45, 2.75) is 11.3 Å². The van der Waals surface area contributed by atoms with Crippen LogP contribution in [0.15, 0.2) is 17.0 Å². The molecule has 7 heteroatoms. The number of sulfone groups is 1. The van der Waals surface area contributed by atoms with Gasteiger partial charge in [-0.05, 0) is 18.7 Å². The molecule has 0 amide bonds. The Morgan fingerprint density at radius 2 is 1.94 bits per heavy atom. The first kappa shape index (κ1) is 13.7. The van der Waals surface area contributed by atoms with Crippen molar-refractivity contribution in [2.75, 3.05) is 12.8 Å². The van der Waals surface area contributed by atoms with Crippen molar-refractivity contribution in [3.05, 3.63) is 29.3 Å². The van der Waals surface area contributed by atoms with Crippen molar-refractivity contribution in [2.24, 2.45) is 5.73 Å². The molecule has 0 aliphatic heterocycles. The number of rotatable bonds is 4. The lowest BCUT2D eigenvalue weighted by atomic mass is 10.1. The lowest BCUT2D eigenvalue weighted by molar-refractivity contribution is 0.0980. The summed E-state index contributed by atoms with van der Waals surface area (Å²) in [7, 11) is -3.93. The van der Waals surface area contributed by atoms with Gasteiger partial charge in [0.15, 0.2) is 21.4 Å². The predicted molar refractivity (Wildman–Crippen MR) is 57.5 cm³/mol. The summed E-state index contributed by atoms with van der Waals surface area (Å²) in [5.74, 6) is -2.94. The van der Waals surface area contributed by atoms with Gasteiger partial charge in [0.1, 0.15) is 10.7 Å². The van der Waals surface area contributed by atoms with Crippen molar-refractivity contribution < 1.29 is 22.0 Å². The Balaban J connectivity index is 3.44. The molecule has 0 saturated carbocycles. The molecule has 0 heterocycles. The molecular weight excluding hydrogens is 252 g/mol. The third-order valence-corrected chi connectivity index (χ3v) is 3.17. The maximum absolute atomic E-state index is 13.7. The second kappa shape index (κ2) is 4.89. The molecule has 0 fully saturated rings. The summed E-state index contributed by atoms with van der Waals surface area (Å²) in [4.78, 5) is 10.6. The molecule has 1 rings (SSSR count). The highest BCUT2D eigenvalue weighted by atomic mass is 32.2. The third-order valence-electron chi connectivity index (χ3n) is 2.08. The molecule has 0 spiro atoms. The fourth-order valence-electron chi connectivity index (χ4n) is 1.30. The van der Waals surface area contributed by atoms with Gasteiger partial charge in [0.2, 0.25) is 0 Å². The maximum atomic E-state index is 13.7. The highest BCUT2D eigenvalue weighted by Gasteiger charge is 2.22.